The van der Waals surface area contributed by atoms with Gasteiger partial charge in [0, 0.05) is 22.0 Å². The molecular formula is C29H29N5OS2. The number of anilines is 2. The van der Waals surface area contributed by atoms with Crippen LogP contribution in [0, 0.1) is 13.8 Å². The summed E-state index contributed by atoms with van der Waals surface area (Å²) in [6, 6.07) is 23.9. The van der Waals surface area contributed by atoms with Gasteiger partial charge >= 0.3 is 0 Å². The molecule has 0 saturated carbocycles. The van der Waals surface area contributed by atoms with Crippen LogP contribution in [0.1, 0.15) is 35.2 Å². The normalized spacial score (nSPS) is 14.8. The highest BCUT2D eigenvalue weighted by molar-refractivity contribution is 7.98. The smallest absolute Gasteiger partial charge is 0.255 e. The van der Waals surface area contributed by atoms with E-state index < -0.39 is 6.04 Å². The summed E-state index contributed by atoms with van der Waals surface area (Å²) in [7, 11) is 0. The van der Waals surface area contributed by atoms with Crippen LogP contribution in [-0.4, -0.2) is 26.9 Å². The van der Waals surface area contributed by atoms with Crippen molar-refractivity contribution in [3.8, 4) is 0 Å². The second kappa shape index (κ2) is 10.9. The van der Waals surface area contributed by atoms with Crippen molar-refractivity contribution < 1.29 is 4.79 Å². The van der Waals surface area contributed by atoms with Crippen molar-refractivity contribution in [2.24, 2.45) is 0 Å². The molecule has 1 unspecified atom stereocenters. The fourth-order valence-corrected chi connectivity index (χ4v) is 5.70. The summed E-state index contributed by atoms with van der Waals surface area (Å²) >= 11 is 3.29. The molecule has 1 aromatic heterocycles. The second-order valence-electron chi connectivity index (χ2n) is 9.04. The number of nitrogens with zero attached hydrogens (tertiary/aromatic N) is 3. The number of carbonyl (C=O) groups is 1. The van der Waals surface area contributed by atoms with Gasteiger partial charge in [0.1, 0.15) is 6.04 Å². The van der Waals surface area contributed by atoms with Crippen LogP contribution in [0.5, 0.6) is 0 Å². The topological polar surface area (TPSA) is 71.8 Å². The molecule has 1 aliphatic rings. The van der Waals surface area contributed by atoms with E-state index in [9.17, 15) is 4.79 Å². The van der Waals surface area contributed by atoms with Crippen LogP contribution in [0.25, 0.3) is 0 Å². The molecule has 6 nitrogen and oxygen atoms in total. The molecule has 8 heteroatoms. The molecule has 3 aromatic carbocycles. The maximum atomic E-state index is 13.6. The van der Waals surface area contributed by atoms with Crippen molar-refractivity contribution in [2.75, 3.05) is 16.9 Å². The third kappa shape index (κ3) is 5.45. The van der Waals surface area contributed by atoms with Crippen molar-refractivity contribution >= 4 is 41.1 Å². The average molecular weight is 528 g/mol. The molecule has 4 aromatic rings. The molecular weight excluding hydrogens is 498 g/mol. The molecule has 2 heterocycles. The Morgan fingerprint density at radius 2 is 1.78 bits per heavy atom. The van der Waals surface area contributed by atoms with E-state index in [4.69, 9.17) is 10.1 Å². The minimum Gasteiger partial charge on any atom is -0.328 e. The Morgan fingerprint density at radius 1 is 1.03 bits per heavy atom. The number of carbonyl (C=O) groups excluding carboxylic acids is 1. The van der Waals surface area contributed by atoms with Gasteiger partial charge in [0.15, 0.2) is 0 Å². The van der Waals surface area contributed by atoms with Gasteiger partial charge in [0.2, 0.25) is 11.1 Å². The summed E-state index contributed by atoms with van der Waals surface area (Å²) in [5.41, 5.74) is 6.87. The lowest BCUT2D eigenvalue weighted by Gasteiger charge is -2.28. The molecule has 1 atom stereocenters. The Bertz CT molecular complexity index is 1460. The van der Waals surface area contributed by atoms with Crippen molar-refractivity contribution in [2.45, 2.75) is 42.6 Å². The molecule has 0 aliphatic carbocycles. The molecule has 1 amide bonds. The fourth-order valence-electron chi connectivity index (χ4n) is 4.40. The number of aryl methyl sites for hydroxylation is 2. The molecule has 2 N–H and O–H groups in total. The van der Waals surface area contributed by atoms with Crippen LogP contribution in [0.4, 0.5) is 11.6 Å². The zero-order valence-electron chi connectivity index (χ0n) is 21.3. The highest BCUT2D eigenvalue weighted by atomic mass is 32.2. The van der Waals surface area contributed by atoms with Crippen molar-refractivity contribution in [3.63, 3.8) is 0 Å². The number of hydrogen-bond acceptors (Lipinski definition) is 6. The summed E-state index contributed by atoms with van der Waals surface area (Å²) in [5, 5.41) is 11.9. The van der Waals surface area contributed by atoms with E-state index >= 15 is 0 Å². The van der Waals surface area contributed by atoms with E-state index in [1.807, 2.05) is 41.9 Å². The lowest BCUT2D eigenvalue weighted by Crippen LogP contribution is -2.31. The van der Waals surface area contributed by atoms with E-state index in [0.29, 0.717) is 16.7 Å². The first-order valence-corrected chi connectivity index (χ1v) is 14.3. The van der Waals surface area contributed by atoms with E-state index in [0.717, 1.165) is 27.6 Å². The number of para-hydroxylation sites is 1. The minimum absolute atomic E-state index is 0.166. The Labute approximate surface area is 226 Å². The van der Waals surface area contributed by atoms with E-state index in [-0.39, 0.29) is 5.91 Å². The van der Waals surface area contributed by atoms with E-state index in [2.05, 4.69) is 73.2 Å². The van der Waals surface area contributed by atoms with Crippen molar-refractivity contribution in [1.29, 1.82) is 0 Å². The van der Waals surface area contributed by atoms with Crippen LogP contribution < -0.4 is 10.6 Å². The molecule has 0 saturated heterocycles. The quantitative estimate of drug-likeness (QED) is 0.257. The van der Waals surface area contributed by atoms with E-state index in [1.54, 1.807) is 23.5 Å². The average Bonchev–Trinajstić information content (AvgIpc) is 3.31. The molecule has 0 bridgehead atoms. The monoisotopic (exact) mass is 527 g/mol. The van der Waals surface area contributed by atoms with Crippen LogP contribution in [0.3, 0.4) is 0 Å². The lowest BCUT2D eigenvalue weighted by molar-refractivity contribution is -0.113. The highest BCUT2D eigenvalue weighted by Gasteiger charge is 2.34. The second-order valence-corrected chi connectivity index (χ2v) is 10.9. The van der Waals surface area contributed by atoms with Gasteiger partial charge in [-0.1, -0.05) is 65.9 Å². The predicted molar refractivity (Wildman–Crippen MR) is 153 cm³/mol. The number of amides is 1. The largest absolute Gasteiger partial charge is 0.328 e. The number of aromatic nitrogens is 3. The number of benzene rings is 3. The van der Waals surface area contributed by atoms with Crippen molar-refractivity contribution in [1.82, 2.24) is 14.8 Å². The first-order chi connectivity index (χ1) is 17.9. The Kier molecular flexibility index (Phi) is 7.39. The number of thioether (sulfide) groups is 2. The fraction of sp³-hybridized carbons (Fsp3) is 0.207. The maximum Gasteiger partial charge on any atom is 0.255 e. The highest BCUT2D eigenvalue weighted by Crippen LogP contribution is 2.37. The third-order valence-electron chi connectivity index (χ3n) is 6.40. The number of rotatable bonds is 7. The Hall–Kier alpha value is -3.49. The van der Waals surface area contributed by atoms with Crippen molar-refractivity contribution in [3.05, 3.63) is 106 Å². The Balaban J connectivity index is 1.49. The summed E-state index contributed by atoms with van der Waals surface area (Å²) in [6.07, 6.45) is 2.05. The van der Waals surface area contributed by atoms with Gasteiger partial charge in [-0.15, -0.1) is 16.9 Å². The zero-order valence-corrected chi connectivity index (χ0v) is 22.9. The first kappa shape index (κ1) is 25.2. The number of nitrogens with one attached hydrogen (secondary N) is 2. The maximum absolute atomic E-state index is 13.6. The van der Waals surface area contributed by atoms with Crippen LogP contribution in [0.15, 0.2) is 94.1 Å². The van der Waals surface area contributed by atoms with Gasteiger partial charge < -0.3 is 10.6 Å². The summed E-state index contributed by atoms with van der Waals surface area (Å²) in [4.78, 5) is 19.6. The summed E-state index contributed by atoms with van der Waals surface area (Å²) in [6.45, 7) is 6.15. The number of fused-ring (bicyclic) bond motifs is 1. The summed E-state index contributed by atoms with van der Waals surface area (Å²) in [5.74, 6) is 1.25. The molecule has 1 aliphatic heterocycles. The molecule has 0 spiro atoms. The molecule has 5 rings (SSSR count). The first-order valence-electron chi connectivity index (χ1n) is 12.1. The number of allylic oxidation sites excluding steroid dienone is 1. The predicted octanol–water partition coefficient (Wildman–Crippen LogP) is 6.84. The van der Waals surface area contributed by atoms with Gasteiger partial charge in [0.05, 0.1) is 5.57 Å². The SMILES string of the molecule is CSc1ccc(C2C(C(=O)Nc3ccccc3)=C(C)Nc3nc(SCc4cc(C)ccc4C)nn32)cc1. The van der Waals surface area contributed by atoms with Gasteiger partial charge in [-0.25, -0.2) is 4.68 Å². The molecule has 0 radical (unpaired) electrons. The van der Waals surface area contributed by atoms with Gasteiger partial charge in [-0.2, -0.15) is 4.98 Å². The van der Waals surface area contributed by atoms with Gasteiger partial charge in [-0.05, 0) is 68.0 Å². The summed E-state index contributed by atoms with van der Waals surface area (Å²) < 4.78 is 1.84. The minimum atomic E-state index is -0.404. The number of hydrogen-bond donors (Lipinski definition) is 2. The standard InChI is InChI=1S/C29H29N5OS2/c1-18-10-11-19(2)22(16-18)17-37-29-32-28-30-20(3)25(27(35)31-23-8-6-5-7-9-23)26(34(28)33-29)21-12-14-24(36-4)15-13-21/h5-16,26H,17H2,1-4H3,(H,31,35)(H,30,32,33). The van der Waals surface area contributed by atoms with Crippen LogP contribution in [0.2, 0.25) is 0 Å². The van der Waals surface area contributed by atoms with Crippen LogP contribution in [-0.2, 0) is 10.5 Å². The third-order valence-corrected chi connectivity index (χ3v) is 8.03. The molecule has 37 heavy (non-hydrogen) atoms. The Morgan fingerprint density at radius 3 is 2.51 bits per heavy atom. The zero-order chi connectivity index (χ0) is 25.9. The lowest BCUT2D eigenvalue weighted by atomic mass is 9.95. The van der Waals surface area contributed by atoms with Crippen LogP contribution >= 0.6 is 23.5 Å². The molecule has 0 fully saturated rings. The van der Waals surface area contributed by atoms with E-state index in [1.165, 1.54) is 16.7 Å². The van der Waals surface area contributed by atoms with Gasteiger partial charge in [0.25, 0.3) is 5.91 Å². The molecule has 188 valence electrons. The van der Waals surface area contributed by atoms with Gasteiger partial charge in [-0.3, -0.25) is 4.79 Å².